The lowest BCUT2D eigenvalue weighted by atomic mass is 10.1. The SMILES string of the molecule is COc1ccc(CCNC(=O)c2nnc(C(=O)Nc3cccc(Cl)c3)s2)cc1OC. The average Bonchev–Trinajstić information content (AvgIpc) is 3.24. The number of nitrogens with zero attached hydrogens (tertiary/aromatic N) is 2. The van der Waals surface area contributed by atoms with Gasteiger partial charge < -0.3 is 20.1 Å². The molecule has 30 heavy (non-hydrogen) atoms. The summed E-state index contributed by atoms with van der Waals surface area (Å²) < 4.78 is 10.5. The summed E-state index contributed by atoms with van der Waals surface area (Å²) in [5, 5.41) is 13.7. The van der Waals surface area contributed by atoms with Gasteiger partial charge in [-0.25, -0.2) is 0 Å². The Labute approximate surface area is 182 Å². The molecule has 2 aromatic carbocycles. The number of carbonyl (C=O) groups excluding carboxylic acids is 2. The first-order valence-electron chi connectivity index (χ1n) is 8.89. The number of carbonyl (C=O) groups is 2. The number of nitrogens with one attached hydrogen (secondary N) is 2. The van der Waals surface area contributed by atoms with Crippen LogP contribution in [0.2, 0.25) is 5.02 Å². The van der Waals surface area contributed by atoms with E-state index in [-0.39, 0.29) is 10.0 Å². The van der Waals surface area contributed by atoms with Gasteiger partial charge in [0.25, 0.3) is 11.8 Å². The van der Waals surface area contributed by atoms with Gasteiger partial charge in [0, 0.05) is 17.3 Å². The third-order valence-electron chi connectivity index (χ3n) is 4.04. The standard InChI is InChI=1S/C20H19ClN4O4S/c1-28-15-7-6-12(10-16(15)29-2)8-9-22-17(26)19-24-25-20(30-19)18(27)23-14-5-3-4-13(21)11-14/h3-7,10-11H,8-9H2,1-2H3,(H,22,26)(H,23,27). The first kappa shape index (κ1) is 21.5. The minimum absolute atomic E-state index is 0.0833. The van der Waals surface area contributed by atoms with Gasteiger partial charge in [-0.3, -0.25) is 9.59 Å². The number of rotatable bonds is 8. The molecule has 10 heteroatoms. The fourth-order valence-electron chi connectivity index (χ4n) is 2.59. The first-order valence-corrected chi connectivity index (χ1v) is 10.1. The highest BCUT2D eigenvalue weighted by Crippen LogP contribution is 2.27. The van der Waals surface area contributed by atoms with Crippen molar-refractivity contribution in [3.05, 3.63) is 63.1 Å². The van der Waals surface area contributed by atoms with Gasteiger partial charge in [-0.05, 0) is 42.3 Å². The molecule has 3 rings (SSSR count). The Bertz CT molecular complexity index is 1060. The van der Waals surface area contributed by atoms with E-state index in [9.17, 15) is 9.59 Å². The zero-order chi connectivity index (χ0) is 21.5. The molecule has 0 fully saturated rings. The normalized spacial score (nSPS) is 10.4. The summed E-state index contributed by atoms with van der Waals surface area (Å²) in [4.78, 5) is 24.6. The monoisotopic (exact) mass is 446 g/mol. The van der Waals surface area contributed by atoms with Gasteiger partial charge in [0.2, 0.25) is 10.0 Å². The number of hydrogen-bond donors (Lipinski definition) is 2. The predicted octanol–water partition coefficient (Wildman–Crippen LogP) is 3.43. The highest BCUT2D eigenvalue weighted by molar-refractivity contribution is 7.15. The number of hydrogen-bond acceptors (Lipinski definition) is 7. The van der Waals surface area contributed by atoms with Crippen LogP contribution in [-0.4, -0.2) is 42.8 Å². The van der Waals surface area contributed by atoms with Crippen LogP contribution in [-0.2, 0) is 6.42 Å². The van der Waals surface area contributed by atoms with Crippen LogP contribution < -0.4 is 20.1 Å². The second kappa shape index (κ2) is 10.0. The van der Waals surface area contributed by atoms with Crippen LogP contribution in [0.3, 0.4) is 0 Å². The predicted molar refractivity (Wildman–Crippen MR) is 115 cm³/mol. The number of methoxy groups -OCH3 is 2. The number of anilines is 1. The molecule has 1 aromatic heterocycles. The lowest BCUT2D eigenvalue weighted by molar-refractivity contribution is 0.0951. The molecule has 156 valence electrons. The van der Waals surface area contributed by atoms with E-state index in [1.165, 1.54) is 0 Å². The van der Waals surface area contributed by atoms with Gasteiger partial charge >= 0.3 is 0 Å². The van der Waals surface area contributed by atoms with Crippen molar-refractivity contribution in [3.63, 3.8) is 0 Å². The first-order chi connectivity index (χ1) is 14.5. The summed E-state index contributed by atoms with van der Waals surface area (Å²) in [5.41, 5.74) is 1.51. The van der Waals surface area contributed by atoms with E-state index in [1.807, 2.05) is 18.2 Å². The number of ether oxygens (including phenoxy) is 2. The van der Waals surface area contributed by atoms with Gasteiger partial charge in [-0.15, -0.1) is 10.2 Å². The molecule has 0 aliphatic carbocycles. The Morgan fingerprint density at radius 1 is 1.00 bits per heavy atom. The Hall–Kier alpha value is -3.17. The maximum Gasteiger partial charge on any atom is 0.286 e. The van der Waals surface area contributed by atoms with Crippen molar-refractivity contribution in [2.75, 3.05) is 26.1 Å². The largest absolute Gasteiger partial charge is 0.493 e. The van der Waals surface area contributed by atoms with Crippen molar-refractivity contribution in [3.8, 4) is 11.5 Å². The highest BCUT2D eigenvalue weighted by atomic mass is 35.5. The summed E-state index contributed by atoms with van der Waals surface area (Å²) in [5.74, 6) is 0.414. The van der Waals surface area contributed by atoms with Crippen LogP contribution in [0.15, 0.2) is 42.5 Å². The number of benzene rings is 2. The summed E-state index contributed by atoms with van der Waals surface area (Å²) in [7, 11) is 3.14. The van der Waals surface area contributed by atoms with Crippen LogP contribution >= 0.6 is 22.9 Å². The summed E-state index contributed by atoms with van der Waals surface area (Å²) >= 11 is 6.82. The molecule has 1 heterocycles. The van der Waals surface area contributed by atoms with E-state index in [1.54, 1.807) is 38.5 Å². The Morgan fingerprint density at radius 2 is 1.73 bits per heavy atom. The van der Waals surface area contributed by atoms with Crippen LogP contribution in [0.4, 0.5) is 5.69 Å². The van der Waals surface area contributed by atoms with Gasteiger partial charge in [0.15, 0.2) is 11.5 Å². The minimum atomic E-state index is -0.459. The molecule has 0 unspecified atom stereocenters. The van der Waals surface area contributed by atoms with Gasteiger partial charge in [-0.1, -0.05) is 35.1 Å². The molecule has 0 aliphatic heterocycles. The summed E-state index contributed by atoms with van der Waals surface area (Å²) in [6, 6.07) is 12.3. The van der Waals surface area contributed by atoms with E-state index in [0.717, 1.165) is 16.9 Å². The molecular weight excluding hydrogens is 428 g/mol. The van der Waals surface area contributed by atoms with Crippen molar-refractivity contribution in [2.45, 2.75) is 6.42 Å². The maximum absolute atomic E-state index is 12.3. The third kappa shape index (κ3) is 5.46. The van der Waals surface area contributed by atoms with Crippen LogP contribution in [0.5, 0.6) is 11.5 Å². The molecule has 2 N–H and O–H groups in total. The second-order valence-electron chi connectivity index (χ2n) is 6.07. The molecule has 0 spiro atoms. The molecule has 0 saturated carbocycles. The zero-order valence-corrected chi connectivity index (χ0v) is 17.8. The molecule has 3 aromatic rings. The highest BCUT2D eigenvalue weighted by Gasteiger charge is 2.17. The second-order valence-corrected chi connectivity index (χ2v) is 7.49. The molecule has 0 saturated heterocycles. The summed E-state index contributed by atoms with van der Waals surface area (Å²) in [6.07, 6.45) is 0.590. The van der Waals surface area contributed by atoms with Crippen molar-refractivity contribution in [1.82, 2.24) is 15.5 Å². The van der Waals surface area contributed by atoms with E-state index < -0.39 is 11.8 Å². The maximum atomic E-state index is 12.3. The van der Waals surface area contributed by atoms with Crippen molar-refractivity contribution in [1.29, 1.82) is 0 Å². The molecule has 0 bridgehead atoms. The van der Waals surface area contributed by atoms with Crippen LogP contribution in [0.1, 0.15) is 25.2 Å². The summed E-state index contributed by atoms with van der Waals surface area (Å²) in [6.45, 7) is 0.387. The number of aromatic nitrogens is 2. The van der Waals surface area contributed by atoms with Crippen molar-refractivity contribution in [2.24, 2.45) is 0 Å². The van der Waals surface area contributed by atoms with E-state index in [0.29, 0.717) is 35.2 Å². The molecular formula is C20H19ClN4O4S. The lowest BCUT2D eigenvalue weighted by Crippen LogP contribution is -2.25. The fraction of sp³-hybridized carbons (Fsp3) is 0.200. The minimum Gasteiger partial charge on any atom is -0.493 e. The Balaban J connectivity index is 1.54. The molecule has 0 atom stereocenters. The Morgan fingerprint density at radius 3 is 2.43 bits per heavy atom. The topological polar surface area (TPSA) is 102 Å². The fourth-order valence-corrected chi connectivity index (χ4v) is 3.43. The van der Waals surface area contributed by atoms with Crippen LogP contribution in [0.25, 0.3) is 0 Å². The van der Waals surface area contributed by atoms with Gasteiger partial charge in [-0.2, -0.15) is 0 Å². The Kier molecular flexibility index (Phi) is 7.21. The van der Waals surface area contributed by atoms with E-state index in [4.69, 9.17) is 21.1 Å². The van der Waals surface area contributed by atoms with E-state index in [2.05, 4.69) is 20.8 Å². The average molecular weight is 447 g/mol. The molecule has 8 nitrogen and oxygen atoms in total. The van der Waals surface area contributed by atoms with E-state index >= 15 is 0 Å². The van der Waals surface area contributed by atoms with Crippen molar-refractivity contribution < 1.29 is 19.1 Å². The quantitative estimate of drug-likeness (QED) is 0.549. The third-order valence-corrected chi connectivity index (χ3v) is 5.20. The molecule has 0 aliphatic rings. The number of amides is 2. The lowest BCUT2D eigenvalue weighted by Gasteiger charge is -2.09. The number of halogens is 1. The molecule has 2 amide bonds. The van der Waals surface area contributed by atoms with Gasteiger partial charge in [0.05, 0.1) is 14.2 Å². The molecule has 0 radical (unpaired) electrons. The smallest absolute Gasteiger partial charge is 0.286 e. The van der Waals surface area contributed by atoms with Crippen molar-refractivity contribution >= 4 is 40.4 Å². The van der Waals surface area contributed by atoms with Crippen LogP contribution in [0, 0.1) is 0 Å². The van der Waals surface area contributed by atoms with Gasteiger partial charge in [0.1, 0.15) is 0 Å². The zero-order valence-electron chi connectivity index (χ0n) is 16.3.